The van der Waals surface area contributed by atoms with Crippen molar-refractivity contribution in [3.63, 3.8) is 0 Å². The Labute approximate surface area is 107 Å². The zero-order chi connectivity index (χ0) is 13.1. The van der Waals surface area contributed by atoms with E-state index < -0.39 is 7.60 Å². The van der Waals surface area contributed by atoms with Crippen LogP contribution in [0.4, 0.5) is 0 Å². The summed E-state index contributed by atoms with van der Waals surface area (Å²) >= 11 is 1.50. The van der Waals surface area contributed by atoms with Gasteiger partial charge in [0.05, 0.1) is 11.8 Å². The average Bonchev–Trinajstić information content (AvgIpc) is 2.56. The topological polar surface area (TPSA) is 59.4 Å². The van der Waals surface area contributed by atoms with Crippen molar-refractivity contribution in [3.8, 4) is 0 Å². The van der Waals surface area contributed by atoms with Gasteiger partial charge in [0.25, 0.3) is 0 Å². The standard InChI is InChI=1S/C11H20NO3PS/c1-5-8(3)15-16(13,14)7-11-12-9(4)10(6-2)17-11/h8H,5-7H2,1-4H3,(H,13,14). The molecule has 4 nitrogen and oxygen atoms in total. The van der Waals surface area contributed by atoms with E-state index >= 15 is 0 Å². The van der Waals surface area contributed by atoms with E-state index in [1.54, 1.807) is 6.92 Å². The molecule has 1 rings (SSSR count). The first-order chi connectivity index (χ1) is 7.88. The fraction of sp³-hybridized carbons (Fsp3) is 0.727. The summed E-state index contributed by atoms with van der Waals surface area (Å²) in [6.07, 6.45) is 1.45. The molecule has 6 heteroatoms. The second-order valence-electron chi connectivity index (χ2n) is 4.09. The number of rotatable bonds is 6. The van der Waals surface area contributed by atoms with Crippen molar-refractivity contribution in [1.82, 2.24) is 4.98 Å². The lowest BCUT2D eigenvalue weighted by molar-refractivity contribution is 0.185. The molecule has 17 heavy (non-hydrogen) atoms. The van der Waals surface area contributed by atoms with E-state index in [4.69, 9.17) is 4.52 Å². The summed E-state index contributed by atoms with van der Waals surface area (Å²) in [5.41, 5.74) is 0.955. The molecule has 0 fully saturated rings. The van der Waals surface area contributed by atoms with Crippen LogP contribution in [0.1, 0.15) is 42.8 Å². The van der Waals surface area contributed by atoms with E-state index in [0.29, 0.717) is 5.01 Å². The molecule has 0 aromatic carbocycles. The molecule has 0 aliphatic rings. The maximum Gasteiger partial charge on any atom is 0.335 e. The summed E-state index contributed by atoms with van der Waals surface area (Å²) in [6, 6.07) is 0. The van der Waals surface area contributed by atoms with Gasteiger partial charge in [-0.2, -0.15) is 0 Å². The van der Waals surface area contributed by atoms with Gasteiger partial charge < -0.3 is 9.42 Å². The maximum absolute atomic E-state index is 11.9. The summed E-state index contributed by atoms with van der Waals surface area (Å²) in [6.45, 7) is 7.70. The third kappa shape index (κ3) is 4.51. The van der Waals surface area contributed by atoms with Crippen molar-refractivity contribution in [2.24, 2.45) is 0 Å². The monoisotopic (exact) mass is 277 g/mol. The van der Waals surface area contributed by atoms with E-state index in [2.05, 4.69) is 11.9 Å². The van der Waals surface area contributed by atoms with Gasteiger partial charge in [-0.3, -0.25) is 4.57 Å². The lowest BCUT2D eigenvalue weighted by Gasteiger charge is -2.15. The molecule has 98 valence electrons. The number of nitrogens with zero attached hydrogens (tertiary/aromatic N) is 1. The number of hydrogen-bond donors (Lipinski definition) is 1. The minimum Gasteiger partial charge on any atom is -0.324 e. The van der Waals surface area contributed by atoms with Gasteiger partial charge in [0.15, 0.2) is 0 Å². The molecule has 0 saturated heterocycles. The lowest BCUT2D eigenvalue weighted by Crippen LogP contribution is -2.05. The molecule has 1 aromatic heterocycles. The highest BCUT2D eigenvalue weighted by Gasteiger charge is 2.25. The number of thiazole rings is 1. The van der Waals surface area contributed by atoms with Crippen molar-refractivity contribution in [3.05, 3.63) is 15.6 Å². The van der Waals surface area contributed by atoms with E-state index in [0.717, 1.165) is 18.5 Å². The van der Waals surface area contributed by atoms with Crippen molar-refractivity contribution >= 4 is 18.9 Å². The largest absolute Gasteiger partial charge is 0.335 e. The highest BCUT2D eigenvalue weighted by atomic mass is 32.1. The first-order valence-electron chi connectivity index (χ1n) is 5.83. The molecule has 0 bridgehead atoms. The number of aryl methyl sites for hydroxylation is 2. The van der Waals surface area contributed by atoms with E-state index in [1.165, 1.54) is 16.2 Å². The third-order valence-corrected chi connectivity index (χ3v) is 5.42. The van der Waals surface area contributed by atoms with Crippen molar-refractivity contribution < 1.29 is 14.0 Å². The van der Waals surface area contributed by atoms with Gasteiger partial charge in [-0.25, -0.2) is 4.98 Å². The summed E-state index contributed by atoms with van der Waals surface area (Å²) in [5.74, 6) is 0. The van der Waals surface area contributed by atoms with Crippen LogP contribution in [0, 0.1) is 6.92 Å². The molecule has 1 aromatic rings. The van der Waals surface area contributed by atoms with Crippen LogP contribution >= 0.6 is 18.9 Å². The molecule has 0 radical (unpaired) electrons. The fourth-order valence-electron chi connectivity index (χ4n) is 1.45. The van der Waals surface area contributed by atoms with Crippen LogP contribution in [0.3, 0.4) is 0 Å². The third-order valence-electron chi connectivity index (χ3n) is 2.51. The maximum atomic E-state index is 11.9. The Bertz CT molecular complexity index is 419. The molecule has 1 N–H and O–H groups in total. The van der Waals surface area contributed by atoms with Crippen LogP contribution in [-0.4, -0.2) is 16.0 Å². The normalized spacial score (nSPS) is 16.8. The Hall–Kier alpha value is -0.220. The van der Waals surface area contributed by atoms with Crippen LogP contribution in [0.2, 0.25) is 0 Å². The summed E-state index contributed by atoms with van der Waals surface area (Å²) in [4.78, 5) is 15.2. The first kappa shape index (κ1) is 14.8. The van der Waals surface area contributed by atoms with Gasteiger partial charge in [-0.05, 0) is 26.7 Å². The molecular formula is C11H20NO3PS. The smallest absolute Gasteiger partial charge is 0.324 e. The van der Waals surface area contributed by atoms with Crippen LogP contribution in [0.5, 0.6) is 0 Å². The van der Waals surface area contributed by atoms with Crippen LogP contribution < -0.4 is 0 Å². The number of aromatic nitrogens is 1. The van der Waals surface area contributed by atoms with Gasteiger partial charge in [0.2, 0.25) is 0 Å². The van der Waals surface area contributed by atoms with E-state index in [-0.39, 0.29) is 12.3 Å². The molecule has 2 unspecified atom stereocenters. The molecular weight excluding hydrogens is 257 g/mol. The van der Waals surface area contributed by atoms with Crippen LogP contribution in [-0.2, 0) is 21.7 Å². The van der Waals surface area contributed by atoms with Gasteiger partial charge in [0.1, 0.15) is 11.2 Å². The minimum atomic E-state index is -3.56. The Kier molecular flexibility index (Phi) is 5.32. The van der Waals surface area contributed by atoms with Crippen molar-refractivity contribution in [2.45, 2.75) is 52.8 Å². The van der Waals surface area contributed by atoms with Crippen LogP contribution in [0.15, 0.2) is 0 Å². The summed E-state index contributed by atoms with van der Waals surface area (Å²) < 4.78 is 17.0. The Morgan fingerprint density at radius 1 is 1.53 bits per heavy atom. The second kappa shape index (κ2) is 6.10. The Morgan fingerprint density at radius 2 is 2.18 bits per heavy atom. The van der Waals surface area contributed by atoms with Gasteiger partial charge in [0, 0.05) is 4.88 Å². The SMILES string of the molecule is CCc1sc(CP(=O)(O)OC(C)CC)nc1C. The molecule has 0 aliphatic heterocycles. The first-order valence-corrected chi connectivity index (χ1v) is 8.41. The Balaban J connectivity index is 2.72. The van der Waals surface area contributed by atoms with Gasteiger partial charge >= 0.3 is 7.60 Å². The Morgan fingerprint density at radius 3 is 2.65 bits per heavy atom. The molecule has 0 amide bonds. The lowest BCUT2D eigenvalue weighted by atomic mass is 10.3. The molecule has 0 saturated carbocycles. The predicted octanol–water partition coefficient (Wildman–Crippen LogP) is 3.51. The van der Waals surface area contributed by atoms with Crippen molar-refractivity contribution in [1.29, 1.82) is 0 Å². The average molecular weight is 277 g/mol. The number of hydrogen-bond acceptors (Lipinski definition) is 4. The molecule has 0 spiro atoms. The molecule has 0 aliphatic carbocycles. The van der Waals surface area contributed by atoms with Crippen molar-refractivity contribution in [2.75, 3.05) is 0 Å². The fourth-order valence-corrected chi connectivity index (χ4v) is 4.20. The van der Waals surface area contributed by atoms with Gasteiger partial charge in [-0.1, -0.05) is 13.8 Å². The molecule has 2 atom stereocenters. The zero-order valence-electron chi connectivity index (χ0n) is 10.8. The minimum absolute atomic E-state index is 0.0167. The van der Waals surface area contributed by atoms with Gasteiger partial charge in [-0.15, -0.1) is 11.3 Å². The summed E-state index contributed by atoms with van der Waals surface area (Å²) in [5, 5.41) is 0.688. The van der Waals surface area contributed by atoms with E-state index in [1.807, 2.05) is 13.8 Å². The zero-order valence-corrected chi connectivity index (χ0v) is 12.5. The summed E-state index contributed by atoms with van der Waals surface area (Å²) in [7, 11) is -3.56. The molecule has 1 heterocycles. The van der Waals surface area contributed by atoms with E-state index in [9.17, 15) is 9.46 Å². The predicted molar refractivity (Wildman–Crippen MR) is 70.6 cm³/mol. The quantitative estimate of drug-likeness (QED) is 0.808. The van der Waals surface area contributed by atoms with Crippen LogP contribution in [0.25, 0.3) is 0 Å². The highest BCUT2D eigenvalue weighted by Crippen LogP contribution is 2.48. The second-order valence-corrected chi connectivity index (χ2v) is 7.06. The highest BCUT2D eigenvalue weighted by molar-refractivity contribution is 7.52.